The molecule has 8 rings (SSSR count). The summed E-state index contributed by atoms with van der Waals surface area (Å²) in [5.74, 6) is 3.39. The van der Waals surface area contributed by atoms with Gasteiger partial charge in [-0.1, -0.05) is 88.4 Å². The molecule has 15 nitrogen and oxygen atoms in total. The Kier molecular flexibility index (Phi) is 17.8. The first-order chi connectivity index (χ1) is 35.7. The normalized spacial score (nSPS) is 16.1. The van der Waals surface area contributed by atoms with E-state index in [-0.39, 0.29) is 50.1 Å². The standard InChI is InChI=1S/C56H61BrCl2N8O7/c1-34(2)74-47-29-43(71-5)22-23-44(47)55-64-52(37-14-18-41(58)19-15-37)53(38-16-20-42(59)21-17-38)67(55)56(70)66-26-25-65(51(69)33-66)32-50(68)60-24-9-7-8-10-27-73-49-31-46-45(30-48(49)72-6)54(63-36(4)62-46)61-35(3)39-12-11-13-40(57)28-39/h11-23,28-31,34-35,52-53H,7-10,24-27,32-33H2,1-6H3,(H,60,68)(H,61,62,63)/t35-,52+,53-/m1/s1. The number of rotatable bonds is 20. The third-order valence-corrected chi connectivity index (χ3v) is 13.9. The van der Waals surface area contributed by atoms with E-state index in [0.717, 1.165) is 57.7 Å². The minimum atomic E-state index is -0.639. The molecule has 3 atom stereocenters. The number of amidine groups is 1. The van der Waals surface area contributed by atoms with Gasteiger partial charge in [-0.05, 0) is 112 Å². The number of nitrogens with zero attached hydrogens (tertiary/aromatic N) is 6. The van der Waals surface area contributed by atoms with Crippen LogP contribution in [0.3, 0.4) is 0 Å². The molecule has 5 aromatic carbocycles. The van der Waals surface area contributed by atoms with Gasteiger partial charge in [-0.15, -0.1) is 0 Å². The van der Waals surface area contributed by atoms with Crippen molar-refractivity contribution in [2.75, 3.05) is 58.9 Å². The summed E-state index contributed by atoms with van der Waals surface area (Å²) < 4.78 is 24.8. The summed E-state index contributed by atoms with van der Waals surface area (Å²) >= 11 is 16.3. The lowest BCUT2D eigenvalue weighted by atomic mass is 9.93. The molecule has 3 heterocycles. The van der Waals surface area contributed by atoms with E-state index in [4.69, 9.17) is 57.1 Å². The van der Waals surface area contributed by atoms with Crippen molar-refractivity contribution in [1.82, 2.24) is 30.0 Å². The molecular weight excluding hydrogens is 1050 g/mol. The molecule has 74 heavy (non-hydrogen) atoms. The first-order valence-corrected chi connectivity index (χ1v) is 26.3. The number of anilines is 1. The van der Waals surface area contributed by atoms with Gasteiger partial charge >= 0.3 is 6.03 Å². The fourth-order valence-corrected chi connectivity index (χ4v) is 9.80. The van der Waals surface area contributed by atoms with E-state index < -0.39 is 18.1 Å². The molecule has 0 bridgehead atoms. The van der Waals surface area contributed by atoms with Crippen LogP contribution in [0.25, 0.3) is 10.9 Å². The number of aromatic nitrogens is 2. The molecular formula is C56H61BrCl2N8O7. The Hall–Kier alpha value is -6.62. The Morgan fingerprint density at radius 3 is 2.23 bits per heavy atom. The van der Waals surface area contributed by atoms with Gasteiger partial charge in [-0.25, -0.2) is 14.8 Å². The van der Waals surface area contributed by atoms with E-state index in [9.17, 15) is 9.59 Å². The number of nitrogens with one attached hydrogen (secondary N) is 2. The van der Waals surface area contributed by atoms with Crippen LogP contribution in [-0.4, -0.2) is 108 Å². The second-order valence-electron chi connectivity index (χ2n) is 18.5. The van der Waals surface area contributed by atoms with E-state index in [0.29, 0.717) is 69.2 Å². The van der Waals surface area contributed by atoms with Gasteiger partial charge in [0.1, 0.15) is 41.6 Å². The van der Waals surface area contributed by atoms with Crippen LogP contribution in [0.1, 0.15) is 92.7 Å². The van der Waals surface area contributed by atoms with Crippen LogP contribution < -0.4 is 29.6 Å². The Bertz CT molecular complexity index is 3000. The molecule has 1 saturated heterocycles. The number of hydrogen-bond donors (Lipinski definition) is 2. The van der Waals surface area contributed by atoms with Gasteiger partial charge in [0.2, 0.25) is 11.8 Å². The molecule has 0 spiro atoms. The van der Waals surface area contributed by atoms with Crippen molar-refractivity contribution in [3.63, 3.8) is 0 Å². The summed E-state index contributed by atoms with van der Waals surface area (Å²) in [7, 11) is 3.20. The average Bonchev–Trinajstić information content (AvgIpc) is 3.77. The number of hydrogen-bond acceptors (Lipinski definition) is 11. The molecule has 6 aromatic rings. The lowest BCUT2D eigenvalue weighted by Gasteiger charge is -2.38. The number of carbonyl (C=O) groups excluding carboxylic acids is 3. The Morgan fingerprint density at radius 2 is 1.54 bits per heavy atom. The van der Waals surface area contributed by atoms with Gasteiger partial charge < -0.3 is 39.4 Å². The van der Waals surface area contributed by atoms with Crippen molar-refractivity contribution in [2.24, 2.45) is 4.99 Å². The summed E-state index contributed by atoms with van der Waals surface area (Å²) in [5.41, 5.74) is 4.07. The summed E-state index contributed by atoms with van der Waals surface area (Å²) in [5, 5.41) is 8.45. The zero-order valence-electron chi connectivity index (χ0n) is 42.4. The van der Waals surface area contributed by atoms with Gasteiger partial charge in [0.25, 0.3) is 0 Å². The Labute approximate surface area is 450 Å². The van der Waals surface area contributed by atoms with Crippen molar-refractivity contribution in [2.45, 2.75) is 77.6 Å². The molecule has 2 aliphatic heterocycles. The highest BCUT2D eigenvalue weighted by Crippen LogP contribution is 2.46. The molecule has 4 amide bonds. The number of benzene rings is 5. The highest BCUT2D eigenvalue weighted by molar-refractivity contribution is 9.10. The lowest BCUT2D eigenvalue weighted by molar-refractivity contribution is -0.139. The average molecular weight is 1110 g/mol. The summed E-state index contributed by atoms with van der Waals surface area (Å²) in [6, 6.07) is 30.5. The number of piperazine rings is 1. The lowest BCUT2D eigenvalue weighted by Crippen LogP contribution is -2.57. The van der Waals surface area contributed by atoms with Gasteiger partial charge in [0.15, 0.2) is 11.5 Å². The van der Waals surface area contributed by atoms with E-state index in [1.165, 1.54) is 9.80 Å². The largest absolute Gasteiger partial charge is 0.497 e. The van der Waals surface area contributed by atoms with Gasteiger partial charge in [0, 0.05) is 51.7 Å². The second kappa shape index (κ2) is 24.6. The molecule has 0 radical (unpaired) electrons. The molecule has 0 saturated carbocycles. The molecule has 2 N–H and O–H groups in total. The van der Waals surface area contributed by atoms with Crippen molar-refractivity contribution in [1.29, 1.82) is 0 Å². The zero-order valence-corrected chi connectivity index (χ0v) is 45.5. The molecule has 18 heteroatoms. The van der Waals surface area contributed by atoms with E-state index in [1.807, 2.05) is 75.4 Å². The maximum atomic E-state index is 15.1. The number of methoxy groups -OCH3 is 2. The molecule has 388 valence electrons. The number of aryl methyl sites for hydroxylation is 1. The van der Waals surface area contributed by atoms with Crippen LogP contribution in [0.15, 0.2) is 113 Å². The fraction of sp³-hybridized carbons (Fsp3) is 0.357. The smallest absolute Gasteiger partial charge is 0.326 e. The minimum absolute atomic E-state index is 0.00391. The number of aliphatic imine (C=N–C) groups is 1. The van der Waals surface area contributed by atoms with Crippen LogP contribution in [-0.2, 0) is 9.59 Å². The monoisotopic (exact) mass is 1110 g/mol. The maximum absolute atomic E-state index is 15.1. The quantitative estimate of drug-likeness (QED) is 0.0704. The maximum Gasteiger partial charge on any atom is 0.326 e. The third kappa shape index (κ3) is 13.0. The number of halogens is 3. The molecule has 1 fully saturated rings. The van der Waals surface area contributed by atoms with Crippen LogP contribution in [0.4, 0.5) is 10.6 Å². The predicted molar refractivity (Wildman–Crippen MR) is 293 cm³/mol. The first kappa shape index (κ1) is 53.7. The van der Waals surface area contributed by atoms with Gasteiger partial charge in [0.05, 0.1) is 56.6 Å². The number of urea groups is 1. The first-order valence-electron chi connectivity index (χ1n) is 24.8. The van der Waals surface area contributed by atoms with E-state index >= 15 is 4.79 Å². The highest BCUT2D eigenvalue weighted by atomic mass is 79.9. The molecule has 1 aromatic heterocycles. The van der Waals surface area contributed by atoms with E-state index in [1.54, 1.807) is 55.5 Å². The predicted octanol–water partition coefficient (Wildman–Crippen LogP) is 11.5. The molecule has 0 unspecified atom stereocenters. The van der Waals surface area contributed by atoms with Crippen LogP contribution >= 0.6 is 39.1 Å². The number of amides is 4. The number of ether oxygens (including phenoxy) is 4. The zero-order chi connectivity index (χ0) is 52.5. The number of carbonyl (C=O) groups is 3. The Balaban J connectivity index is 0.849. The number of fused-ring (bicyclic) bond motifs is 1. The van der Waals surface area contributed by atoms with Crippen molar-refractivity contribution in [3.05, 3.63) is 146 Å². The summed E-state index contributed by atoms with van der Waals surface area (Å²) in [4.78, 5) is 61.4. The van der Waals surface area contributed by atoms with Crippen LogP contribution in [0, 0.1) is 6.92 Å². The van der Waals surface area contributed by atoms with Crippen molar-refractivity contribution in [3.8, 4) is 23.0 Å². The highest BCUT2D eigenvalue weighted by Gasteiger charge is 2.46. The van der Waals surface area contributed by atoms with Crippen molar-refractivity contribution >= 4 is 79.5 Å². The molecule has 0 aliphatic carbocycles. The van der Waals surface area contributed by atoms with Crippen LogP contribution in [0.2, 0.25) is 10.0 Å². The number of unbranched alkanes of at least 4 members (excludes halogenated alkanes) is 3. The van der Waals surface area contributed by atoms with Crippen molar-refractivity contribution < 1.29 is 33.3 Å². The minimum Gasteiger partial charge on any atom is -0.497 e. The van der Waals surface area contributed by atoms with Crippen LogP contribution in [0.5, 0.6) is 23.0 Å². The Morgan fingerprint density at radius 1 is 0.811 bits per heavy atom. The SMILES string of the molecule is COc1ccc(C2=N[C@@H](c3ccc(Cl)cc3)[C@@H](c3ccc(Cl)cc3)N2C(=O)N2CCN(CC(=O)NCCCCCCOc3cc4nc(C)nc(N[C@H](C)c5cccc(Br)c5)c4cc3OC)C(=O)C2)c(OC(C)C)c1. The third-order valence-electron chi connectivity index (χ3n) is 12.9. The summed E-state index contributed by atoms with van der Waals surface area (Å²) in [6.45, 7) is 8.78. The summed E-state index contributed by atoms with van der Waals surface area (Å²) in [6.07, 6.45) is 3.11. The van der Waals surface area contributed by atoms with Gasteiger partial charge in [-0.2, -0.15) is 0 Å². The molecule has 2 aliphatic rings. The van der Waals surface area contributed by atoms with E-state index in [2.05, 4.69) is 45.6 Å². The topological polar surface area (TPSA) is 160 Å². The van der Waals surface area contributed by atoms with Gasteiger partial charge in [-0.3, -0.25) is 19.5 Å². The second-order valence-corrected chi connectivity index (χ2v) is 20.3. The fourth-order valence-electron chi connectivity index (χ4n) is 9.13.